The van der Waals surface area contributed by atoms with E-state index in [0.29, 0.717) is 12.0 Å². The molecule has 1 aliphatic heterocycles. The molecule has 2 rings (SSSR count). The number of hydrogen-bond donors (Lipinski definition) is 1. The van der Waals surface area contributed by atoms with Gasteiger partial charge in [-0.2, -0.15) is 5.10 Å². The van der Waals surface area contributed by atoms with E-state index in [1.54, 1.807) is 0 Å². The number of rotatable bonds is 7. The number of likely N-dealkylation sites (tertiary alicyclic amines) is 1. The van der Waals surface area contributed by atoms with E-state index in [9.17, 15) is 0 Å². The number of aliphatic imine (C=N–C) groups is 1. The zero-order valence-corrected chi connectivity index (χ0v) is 16.0. The Bertz CT molecular complexity index is 519. The van der Waals surface area contributed by atoms with E-state index >= 15 is 0 Å². The van der Waals surface area contributed by atoms with Crippen LogP contribution in [0.4, 0.5) is 0 Å². The summed E-state index contributed by atoms with van der Waals surface area (Å²) in [4.78, 5) is 9.77. The van der Waals surface area contributed by atoms with Gasteiger partial charge in [-0.05, 0) is 38.9 Å². The molecular formula is C18H34N6. The molecule has 2 unspecified atom stereocenters. The molecule has 0 spiro atoms. The lowest BCUT2D eigenvalue weighted by Crippen LogP contribution is -2.41. The van der Waals surface area contributed by atoms with Gasteiger partial charge in [-0.3, -0.25) is 14.6 Å². The topological polar surface area (TPSA) is 48.7 Å². The lowest BCUT2D eigenvalue weighted by molar-refractivity contribution is 0.236. The van der Waals surface area contributed by atoms with Gasteiger partial charge in [-0.1, -0.05) is 13.8 Å². The maximum atomic E-state index is 4.91. The summed E-state index contributed by atoms with van der Waals surface area (Å²) in [7, 11) is 1.98. The quantitative estimate of drug-likeness (QED) is 0.611. The molecule has 0 aromatic carbocycles. The van der Waals surface area contributed by atoms with Crippen LogP contribution >= 0.6 is 0 Å². The Morgan fingerprint density at radius 1 is 1.42 bits per heavy atom. The summed E-state index contributed by atoms with van der Waals surface area (Å²) in [5.41, 5.74) is 1.34. The summed E-state index contributed by atoms with van der Waals surface area (Å²) < 4.78 is 1.89. The monoisotopic (exact) mass is 334 g/mol. The summed E-state index contributed by atoms with van der Waals surface area (Å²) in [6.07, 6.45) is 5.31. The van der Waals surface area contributed by atoms with Crippen LogP contribution in [0.1, 0.15) is 45.6 Å². The number of nitrogens with one attached hydrogen (secondary N) is 1. The van der Waals surface area contributed by atoms with Crippen molar-refractivity contribution < 1.29 is 0 Å². The second kappa shape index (κ2) is 9.06. The normalized spacial score (nSPS) is 20.0. The fourth-order valence-electron chi connectivity index (χ4n) is 3.48. The number of guanidine groups is 1. The van der Waals surface area contributed by atoms with E-state index in [1.807, 2.05) is 17.9 Å². The molecule has 2 atom stereocenters. The minimum atomic E-state index is 0.477. The average Bonchev–Trinajstić information content (AvgIpc) is 3.21. The summed E-state index contributed by atoms with van der Waals surface area (Å²) >= 11 is 0. The summed E-state index contributed by atoms with van der Waals surface area (Å²) in [5, 5.41) is 7.78. The minimum Gasteiger partial charge on any atom is -0.357 e. The molecule has 1 aromatic rings. The van der Waals surface area contributed by atoms with Crippen LogP contribution < -0.4 is 5.32 Å². The fraction of sp³-hybridized carbons (Fsp3) is 0.778. The minimum absolute atomic E-state index is 0.477. The van der Waals surface area contributed by atoms with Gasteiger partial charge in [-0.15, -0.1) is 0 Å². The Balaban J connectivity index is 1.98. The first-order chi connectivity index (χ1) is 11.6. The van der Waals surface area contributed by atoms with E-state index in [-0.39, 0.29) is 0 Å². The smallest absolute Gasteiger partial charge is 0.193 e. The zero-order chi connectivity index (χ0) is 17.5. The van der Waals surface area contributed by atoms with Gasteiger partial charge in [0.25, 0.3) is 0 Å². The molecule has 0 bridgehead atoms. The summed E-state index contributed by atoms with van der Waals surface area (Å²) in [6.45, 7) is 14.8. The van der Waals surface area contributed by atoms with E-state index in [1.165, 1.54) is 12.0 Å². The molecule has 0 aliphatic carbocycles. The molecule has 1 N–H and O–H groups in total. The standard InChI is InChI=1S/C18H34N6/c1-6-19-18(20-11-15(4)23(7-2)8-3)24-10-9-16(14-24)17-12-21-22(5)13-17/h12-13,15-16H,6-11,14H2,1-5H3,(H,19,20). The Hall–Kier alpha value is -1.56. The highest BCUT2D eigenvalue weighted by Gasteiger charge is 2.27. The van der Waals surface area contributed by atoms with Gasteiger partial charge in [0.2, 0.25) is 0 Å². The van der Waals surface area contributed by atoms with Crippen LogP contribution in [0.3, 0.4) is 0 Å². The molecular weight excluding hydrogens is 300 g/mol. The Labute approximate surface area is 146 Å². The van der Waals surface area contributed by atoms with Crippen molar-refractivity contribution in [1.82, 2.24) is 24.9 Å². The van der Waals surface area contributed by atoms with Gasteiger partial charge >= 0.3 is 0 Å². The third kappa shape index (κ3) is 4.72. The predicted molar refractivity (Wildman–Crippen MR) is 101 cm³/mol. The van der Waals surface area contributed by atoms with Crippen molar-refractivity contribution in [2.45, 2.75) is 46.1 Å². The molecule has 1 saturated heterocycles. The maximum absolute atomic E-state index is 4.91. The largest absolute Gasteiger partial charge is 0.357 e. The molecule has 6 nitrogen and oxygen atoms in total. The Kier molecular flexibility index (Phi) is 7.09. The molecule has 24 heavy (non-hydrogen) atoms. The molecule has 1 aromatic heterocycles. The van der Waals surface area contributed by atoms with Crippen molar-refractivity contribution in [3.8, 4) is 0 Å². The van der Waals surface area contributed by atoms with Crippen molar-refractivity contribution in [3.05, 3.63) is 18.0 Å². The van der Waals surface area contributed by atoms with Gasteiger partial charge in [0.05, 0.1) is 12.7 Å². The third-order valence-corrected chi connectivity index (χ3v) is 4.96. The van der Waals surface area contributed by atoms with E-state index < -0.39 is 0 Å². The van der Waals surface area contributed by atoms with Gasteiger partial charge in [0.15, 0.2) is 5.96 Å². The number of nitrogens with zero attached hydrogens (tertiary/aromatic N) is 5. The highest BCUT2D eigenvalue weighted by molar-refractivity contribution is 5.80. The van der Waals surface area contributed by atoms with Crippen molar-refractivity contribution >= 4 is 5.96 Å². The first kappa shape index (κ1) is 18.8. The number of aryl methyl sites for hydroxylation is 1. The van der Waals surface area contributed by atoms with Crippen LogP contribution in [-0.4, -0.2) is 70.9 Å². The van der Waals surface area contributed by atoms with Gasteiger partial charge in [0.1, 0.15) is 0 Å². The second-order valence-corrected chi connectivity index (χ2v) is 6.64. The average molecular weight is 335 g/mol. The van der Waals surface area contributed by atoms with Crippen molar-refractivity contribution in [2.24, 2.45) is 12.0 Å². The van der Waals surface area contributed by atoms with Crippen LogP contribution in [0.15, 0.2) is 17.4 Å². The molecule has 136 valence electrons. The lowest BCUT2D eigenvalue weighted by Gasteiger charge is -2.26. The highest BCUT2D eigenvalue weighted by atomic mass is 15.3. The van der Waals surface area contributed by atoms with E-state index in [4.69, 9.17) is 4.99 Å². The third-order valence-electron chi connectivity index (χ3n) is 4.96. The number of likely N-dealkylation sites (N-methyl/N-ethyl adjacent to an activating group) is 1. The van der Waals surface area contributed by atoms with Gasteiger partial charge < -0.3 is 10.2 Å². The molecule has 6 heteroatoms. The molecule has 0 amide bonds. The van der Waals surface area contributed by atoms with Crippen LogP contribution in [0.5, 0.6) is 0 Å². The maximum Gasteiger partial charge on any atom is 0.193 e. The summed E-state index contributed by atoms with van der Waals surface area (Å²) in [6, 6.07) is 0.477. The zero-order valence-electron chi connectivity index (χ0n) is 16.0. The van der Waals surface area contributed by atoms with E-state index in [0.717, 1.165) is 45.2 Å². The molecule has 0 saturated carbocycles. The Morgan fingerprint density at radius 3 is 2.75 bits per heavy atom. The second-order valence-electron chi connectivity index (χ2n) is 6.64. The molecule has 2 heterocycles. The van der Waals surface area contributed by atoms with Crippen molar-refractivity contribution in [3.63, 3.8) is 0 Å². The van der Waals surface area contributed by atoms with Crippen LogP contribution in [0.2, 0.25) is 0 Å². The molecule has 1 fully saturated rings. The fourth-order valence-corrected chi connectivity index (χ4v) is 3.48. The molecule has 0 radical (unpaired) electrons. The van der Waals surface area contributed by atoms with Crippen molar-refractivity contribution in [1.29, 1.82) is 0 Å². The highest BCUT2D eigenvalue weighted by Crippen LogP contribution is 2.26. The molecule has 1 aliphatic rings. The SMILES string of the molecule is CCNC(=NCC(C)N(CC)CC)N1CCC(c2cnn(C)c2)C1. The van der Waals surface area contributed by atoms with E-state index in [2.05, 4.69) is 54.1 Å². The summed E-state index contributed by atoms with van der Waals surface area (Å²) in [5.74, 6) is 1.62. The van der Waals surface area contributed by atoms with Crippen LogP contribution in [-0.2, 0) is 7.05 Å². The van der Waals surface area contributed by atoms with Gasteiger partial charge in [-0.25, -0.2) is 0 Å². The predicted octanol–water partition coefficient (Wildman–Crippen LogP) is 1.91. The Morgan fingerprint density at radius 2 is 2.17 bits per heavy atom. The first-order valence-electron chi connectivity index (χ1n) is 9.34. The van der Waals surface area contributed by atoms with Gasteiger partial charge in [0, 0.05) is 44.8 Å². The van der Waals surface area contributed by atoms with Crippen LogP contribution in [0.25, 0.3) is 0 Å². The van der Waals surface area contributed by atoms with Crippen molar-refractivity contribution in [2.75, 3.05) is 39.3 Å². The first-order valence-corrected chi connectivity index (χ1v) is 9.34. The number of aromatic nitrogens is 2. The van der Waals surface area contributed by atoms with Crippen LogP contribution in [0, 0.1) is 0 Å². The number of hydrogen-bond acceptors (Lipinski definition) is 3. The lowest BCUT2D eigenvalue weighted by atomic mass is 10.0.